The fourth-order valence-corrected chi connectivity index (χ4v) is 3.21. The Morgan fingerprint density at radius 1 is 0.815 bits per heavy atom. The number of ether oxygens (including phenoxy) is 1. The first-order chi connectivity index (χ1) is 12.8. The number of carbonyl (C=O) groups excluding carboxylic acids is 1. The van der Waals surface area contributed by atoms with Gasteiger partial charge in [0.25, 0.3) is 0 Å². The monoisotopic (exact) mass is 406 g/mol. The van der Waals surface area contributed by atoms with Gasteiger partial charge in [0, 0.05) is 6.92 Å². The highest BCUT2D eigenvalue weighted by Crippen LogP contribution is 2.14. The van der Waals surface area contributed by atoms with Gasteiger partial charge >= 0.3 is 22.3 Å². The van der Waals surface area contributed by atoms with Gasteiger partial charge in [0.1, 0.15) is 0 Å². The smallest absolute Gasteiger partial charge is 0.392 e. The molecule has 0 amide bonds. The van der Waals surface area contributed by atoms with Crippen LogP contribution in [0.4, 0.5) is 0 Å². The number of carbonyl (C=O) groups is 1. The lowest BCUT2D eigenvalue weighted by Gasteiger charge is -2.06. The first kappa shape index (κ1) is 25.9. The molecule has 27 heavy (non-hydrogen) atoms. The molecule has 0 saturated heterocycles. The molecule has 0 spiro atoms. The van der Waals surface area contributed by atoms with E-state index in [1.54, 1.807) is 0 Å². The van der Waals surface area contributed by atoms with Crippen LogP contribution in [0, 0.1) is 0 Å². The summed E-state index contributed by atoms with van der Waals surface area (Å²) in [6, 6.07) is 0. The maximum absolute atomic E-state index is 10.9. The molecule has 0 bridgehead atoms. The first-order valence-corrected chi connectivity index (χ1v) is 11.8. The quantitative estimate of drug-likeness (QED) is 0.128. The van der Waals surface area contributed by atoms with E-state index in [0.717, 1.165) is 26.2 Å². The molecule has 0 fully saturated rings. The second-order valence-corrected chi connectivity index (χ2v) is 8.03. The Hall–Kier alpha value is -1.08. The lowest BCUT2D eigenvalue weighted by Crippen LogP contribution is -2.08. The minimum atomic E-state index is -4.69. The molecule has 0 aliphatic carbocycles. The summed E-state index contributed by atoms with van der Waals surface area (Å²) in [4.78, 5) is 10.9. The molecule has 0 aliphatic heterocycles. The van der Waals surface area contributed by atoms with E-state index >= 15 is 0 Å². The summed E-state index contributed by atoms with van der Waals surface area (Å²) in [6.07, 6.45) is 19.5. The molecule has 0 rings (SSSR count). The zero-order valence-corrected chi connectivity index (χ0v) is 17.9. The van der Waals surface area contributed by atoms with Crippen LogP contribution in [0.2, 0.25) is 0 Å². The van der Waals surface area contributed by atoms with Crippen molar-refractivity contribution in [1.29, 1.82) is 0 Å². The van der Waals surface area contributed by atoms with Crippen LogP contribution >= 0.6 is 0 Å². The van der Waals surface area contributed by atoms with Gasteiger partial charge in [0.15, 0.2) is 0 Å². The molecule has 160 valence electrons. The van der Waals surface area contributed by atoms with E-state index in [0.29, 0.717) is 6.42 Å². The Bertz CT molecular complexity index is 499. The van der Waals surface area contributed by atoms with Gasteiger partial charge in [-0.05, 0) is 18.9 Å². The zero-order valence-electron chi connectivity index (χ0n) is 17.1. The Morgan fingerprint density at radius 3 is 1.59 bits per heavy atom. The van der Waals surface area contributed by atoms with E-state index in [1.807, 2.05) is 0 Å². The van der Waals surface area contributed by atoms with Gasteiger partial charge in [-0.15, -0.1) is 0 Å². The van der Waals surface area contributed by atoms with Crippen LogP contribution in [0.5, 0.6) is 0 Å². The molecule has 7 heteroatoms. The van der Waals surface area contributed by atoms with Crippen LogP contribution in [0.1, 0.15) is 110 Å². The van der Waals surface area contributed by atoms with E-state index in [1.165, 1.54) is 76.7 Å². The fraction of sp³-hybridized carbons (Fsp3) is 0.850. The molecule has 0 radical (unpaired) electrons. The second kappa shape index (κ2) is 17.0. The number of hydrogen-bond acceptors (Lipinski definition) is 5. The molecule has 1 N–H and O–H groups in total. The molecule has 0 aromatic heterocycles. The first-order valence-electron chi connectivity index (χ1n) is 10.4. The van der Waals surface area contributed by atoms with Crippen LogP contribution in [-0.4, -0.2) is 18.9 Å². The normalized spacial score (nSPS) is 12.2. The van der Waals surface area contributed by atoms with Gasteiger partial charge in [-0.2, -0.15) is 8.42 Å². The van der Waals surface area contributed by atoms with Gasteiger partial charge in [0.2, 0.25) is 0 Å². The maximum atomic E-state index is 10.9. The topological polar surface area (TPSA) is 89.9 Å². The average Bonchev–Trinajstić information content (AvgIpc) is 2.56. The predicted octanol–water partition coefficient (Wildman–Crippen LogP) is 6.08. The van der Waals surface area contributed by atoms with E-state index in [-0.39, 0.29) is 0 Å². The van der Waals surface area contributed by atoms with Gasteiger partial charge in [0.05, 0.1) is 0 Å². The zero-order chi connectivity index (χ0) is 20.4. The molecule has 0 atom stereocenters. The van der Waals surface area contributed by atoms with Crippen LogP contribution in [0.3, 0.4) is 0 Å². The number of unbranched alkanes of at least 4 members (excludes halogenated alkanes) is 14. The standard InChI is InChI=1S/C20H38O6S/c1-3-4-5-6-7-8-9-10-11-12-13-14-15-16-17-18-20(25-19(2)21)26-27(22,23)24/h18H,3-17H2,1-2H3,(H,22,23,24). The second-order valence-electron chi connectivity index (χ2n) is 7.01. The molecule has 0 unspecified atom stereocenters. The van der Waals surface area contributed by atoms with Crippen molar-refractivity contribution in [3.8, 4) is 0 Å². The van der Waals surface area contributed by atoms with Crippen molar-refractivity contribution in [1.82, 2.24) is 0 Å². The Kier molecular flexibility index (Phi) is 16.4. The highest BCUT2D eigenvalue weighted by molar-refractivity contribution is 7.81. The number of allylic oxidation sites excluding steroid dienone is 1. The van der Waals surface area contributed by atoms with Crippen molar-refractivity contribution < 1.29 is 26.7 Å². The third-order valence-electron chi connectivity index (χ3n) is 4.30. The molecule has 0 aromatic carbocycles. The van der Waals surface area contributed by atoms with Crippen molar-refractivity contribution in [2.24, 2.45) is 0 Å². The van der Waals surface area contributed by atoms with E-state index < -0.39 is 22.3 Å². The van der Waals surface area contributed by atoms with Crippen molar-refractivity contribution in [2.75, 3.05) is 0 Å². The molecule has 6 nitrogen and oxygen atoms in total. The Balaban J connectivity index is 3.57. The van der Waals surface area contributed by atoms with Crippen LogP contribution in [-0.2, 0) is 24.1 Å². The van der Waals surface area contributed by atoms with Gasteiger partial charge < -0.3 is 8.92 Å². The summed E-state index contributed by atoms with van der Waals surface area (Å²) in [5, 5.41) is 0. The van der Waals surface area contributed by atoms with E-state index in [4.69, 9.17) is 4.55 Å². The Labute approximate surface area is 165 Å². The van der Waals surface area contributed by atoms with Crippen LogP contribution in [0.15, 0.2) is 12.0 Å². The van der Waals surface area contributed by atoms with Crippen LogP contribution < -0.4 is 0 Å². The number of hydrogen-bond donors (Lipinski definition) is 1. The third kappa shape index (κ3) is 21.1. The molecular formula is C20H38O6S. The van der Waals surface area contributed by atoms with Crippen molar-refractivity contribution in [2.45, 2.75) is 110 Å². The molecule has 0 saturated carbocycles. The summed E-state index contributed by atoms with van der Waals surface area (Å²) >= 11 is 0. The van der Waals surface area contributed by atoms with Gasteiger partial charge in [-0.25, -0.2) is 0 Å². The largest absolute Gasteiger partial charge is 0.449 e. The number of esters is 1. The lowest BCUT2D eigenvalue weighted by atomic mass is 10.0. The lowest BCUT2D eigenvalue weighted by molar-refractivity contribution is -0.140. The predicted molar refractivity (Wildman–Crippen MR) is 107 cm³/mol. The molecule has 0 heterocycles. The molecular weight excluding hydrogens is 368 g/mol. The van der Waals surface area contributed by atoms with Crippen molar-refractivity contribution >= 4 is 16.4 Å². The van der Waals surface area contributed by atoms with Crippen molar-refractivity contribution in [3.05, 3.63) is 12.0 Å². The summed E-state index contributed by atoms with van der Waals surface area (Å²) in [7, 11) is -4.69. The fourth-order valence-electron chi connectivity index (χ4n) is 2.90. The summed E-state index contributed by atoms with van der Waals surface area (Å²) < 4.78 is 38.8. The SMILES string of the molecule is CCCCCCCCCCCCCCCCC=C(OC(C)=O)OS(=O)(=O)O. The average molecular weight is 407 g/mol. The molecule has 0 aliphatic rings. The summed E-state index contributed by atoms with van der Waals surface area (Å²) in [5.41, 5.74) is 0. The van der Waals surface area contributed by atoms with Gasteiger partial charge in [-0.3, -0.25) is 9.35 Å². The molecule has 0 aromatic rings. The third-order valence-corrected chi connectivity index (χ3v) is 4.68. The number of rotatable bonds is 18. The highest BCUT2D eigenvalue weighted by atomic mass is 32.3. The van der Waals surface area contributed by atoms with Crippen molar-refractivity contribution in [3.63, 3.8) is 0 Å². The van der Waals surface area contributed by atoms with Gasteiger partial charge in [-0.1, -0.05) is 90.4 Å². The van der Waals surface area contributed by atoms with Crippen LogP contribution in [0.25, 0.3) is 0 Å². The minimum absolute atomic E-state index is 0.486. The van der Waals surface area contributed by atoms with E-state index in [2.05, 4.69) is 15.8 Å². The summed E-state index contributed by atoms with van der Waals surface area (Å²) in [5.74, 6) is -1.19. The minimum Gasteiger partial charge on any atom is -0.392 e. The highest BCUT2D eigenvalue weighted by Gasteiger charge is 2.12. The maximum Gasteiger partial charge on any atom is 0.449 e. The Morgan fingerprint density at radius 2 is 1.22 bits per heavy atom. The summed E-state index contributed by atoms with van der Waals surface area (Å²) in [6.45, 7) is 3.38. The van der Waals surface area contributed by atoms with E-state index in [9.17, 15) is 13.2 Å².